The SMILES string of the molecule is COC(=O)C1=CC=C(C(F)(F)F)N2CNN=C12. The van der Waals surface area contributed by atoms with Gasteiger partial charge in [0.15, 0.2) is 5.84 Å². The van der Waals surface area contributed by atoms with Crippen LogP contribution in [0.3, 0.4) is 0 Å². The smallest absolute Gasteiger partial charge is 0.431 e. The average molecular weight is 247 g/mol. The monoisotopic (exact) mass is 247 g/mol. The fourth-order valence-corrected chi connectivity index (χ4v) is 1.56. The van der Waals surface area contributed by atoms with Crippen LogP contribution in [0, 0.1) is 0 Å². The fraction of sp³-hybridized carbons (Fsp3) is 0.333. The molecule has 0 aromatic rings. The summed E-state index contributed by atoms with van der Waals surface area (Å²) in [7, 11) is 1.15. The Morgan fingerprint density at radius 3 is 2.82 bits per heavy atom. The Morgan fingerprint density at radius 1 is 1.53 bits per heavy atom. The molecule has 0 bridgehead atoms. The van der Waals surface area contributed by atoms with E-state index >= 15 is 0 Å². The minimum atomic E-state index is -4.50. The van der Waals surface area contributed by atoms with Crippen molar-refractivity contribution in [3.05, 3.63) is 23.4 Å². The second-order valence-electron chi connectivity index (χ2n) is 3.30. The third-order valence-electron chi connectivity index (χ3n) is 2.30. The number of carbonyl (C=O) groups excluding carboxylic acids is 1. The summed E-state index contributed by atoms with van der Waals surface area (Å²) in [4.78, 5) is 12.2. The van der Waals surface area contributed by atoms with Gasteiger partial charge < -0.3 is 9.64 Å². The lowest BCUT2D eigenvalue weighted by Gasteiger charge is -2.26. The van der Waals surface area contributed by atoms with Crippen molar-refractivity contribution >= 4 is 11.8 Å². The van der Waals surface area contributed by atoms with E-state index in [1.807, 2.05) is 0 Å². The number of fused-ring (bicyclic) bond motifs is 1. The van der Waals surface area contributed by atoms with Crippen LogP contribution in [-0.2, 0) is 9.53 Å². The van der Waals surface area contributed by atoms with Gasteiger partial charge in [0.1, 0.15) is 17.9 Å². The molecule has 0 atom stereocenters. The van der Waals surface area contributed by atoms with Crippen LogP contribution in [0.5, 0.6) is 0 Å². The highest BCUT2D eigenvalue weighted by Crippen LogP contribution is 2.33. The molecule has 0 saturated carbocycles. The van der Waals surface area contributed by atoms with Gasteiger partial charge in [-0.1, -0.05) is 0 Å². The van der Waals surface area contributed by atoms with Gasteiger partial charge in [0, 0.05) is 0 Å². The number of alkyl halides is 3. The van der Waals surface area contributed by atoms with Gasteiger partial charge in [-0.15, -0.1) is 0 Å². The van der Waals surface area contributed by atoms with E-state index in [4.69, 9.17) is 0 Å². The topological polar surface area (TPSA) is 53.9 Å². The summed E-state index contributed by atoms with van der Waals surface area (Å²) in [6.45, 7) is -0.130. The normalized spacial score (nSPS) is 18.8. The molecular weight excluding hydrogens is 239 g/mol. The first-order valence-corrected chi connectivity index (χ1v) is 4.61. The number of ether oxygens (including phenoxy) is 1. The van der Waals surface area contributed by atoms with Crippen molar-refractivity contribution in [3.8, 4) is 0 Å². The number of hydrazone groups is 1. The third-order valence-corrected chi connectivity index (χ3v) is 2.30. The van der Waals surface area contributed by atoms with E-state index in [9.17, 15) is 18.0 Å². The molecule has 92 valence electrons. The van der Waals surface area contributed by atoms with E-state index in [-0.39, 0.29) is 18.1 Å². The molecule has 0 radical (unpaired) electrons. The van der Waals surface area contributed by atoms with Gasteiger partial charge in [-0.25, -0.2) is 4.79 Å². The van der Waals surface area contributed by atoms with Crippen molar-refractivity contribution in [2.75, 3.05) is 13.8 Å². The maximum Gasteiger partial charge on any atom is 0.431 e. The predicted molar refractivity (Wildman–Crippen MR) is 51.5 cm³/mol. The fourth-order valence-electron chi connectivity index (χ4n) is 1.56. The van der Waals surface area contributed by atoms with Crippen LogP contribution >= 0.6 is 0 Å². The van der Waals surface area contributed by atoms with E-state index in [1.54, 1.807) is 0 Å². The van der Waals surface area contributed by atoms with Crippen LogP contribution in [-0.4, -0.2) is 36.7 Å². The lowest BCUT2D eigenvalue weighted by Crippen LogP contribution is -2.39. The summed E-state index contributed by atoms with van der Waals surface area (Å²) in [6.07, 6.45) is -2.61. The van der Waals surface area contributed by atoms with Gasteiger partial charge >= 0.3 is 12.1 Å². The Kier molecular flexibility index (Phi) is 2.56. The number of allylic oxidation sites excluding steroid dienone is 3. The van der Waals surface area contributed by atoms with E-state index in [2.05, 4.69) is 15.3 Å². The quantitative estimate of drug-likeness (QED) is 0.694. The molecule has 0 aromatic heterocycles. The molecule has 0 amide bonds. The minimum Gasteiger partial charge on any atom is -0.465 e. The van der Waals surface area contributed by atoms with Gasteiger partial charge in [0.25, 0.3) is 0 Å². The molecule has 0 aliphatic carbocycles. The molecule has 0 aromatic carbocycles. The van der Waals surface area contributed by atoms with Gasteiger partial charge in [-0.05, 0) is 12.2 Å². The average Bonchev–Trinajstić information content (AvgIpc) is 2.73. The summed E-state index contributed by atoms with van der Waals surface area (Å²) in [5.41, 5.74) is 1.52. The van der Waals surface area contributed by atoms with Gasteiger partial charge in [0.05, 0.1) is 7.11 Å². The molecule has 17 heavy (non-hydrogen) atoms. The van der Waals surface area contributed by atoms with E-state index in [1.165, 1.54) is 0 Å². The zero-order chi connectivity index (χ0) is 12.6. The Morgan fingerprint density at radius 2 is 2.24 bits per heavy atom. The summed E-state index contributed by atoms with van der Waals surface area (Å²) in [6, 6.07) is 0. The number of amidine groups is 1. The number of hydrogen-bond acceptors (Lipinski definition) is 5. The molecule has 2 heterocycles. The molecule has 2 aliphatic rings. The molecule has 5 nitrogen and oxygen atoms in total. The van der Waals surface area contributed by atoms with Gasteiger partial charge in [0.2, 0.25) is 0 Å². The van der Waals surface area contributed by atoms with Crippen LogP contribution < -0.4 is 5.43 Å². The largest absolute Gasteiger partial charge is 0.465 e. The zero-order valence-corrected chi connectivity index (χ0v) is 8.71. The number of hydrogen-bond donors (Lipinski definition) is 1. The number of nitrogens with one attached hydrogen (secondary N) is 1. The summed E-state index contributed by atoms with van der Waals surface area (Å²) < 4.78 is 42.4. The van der Waals surface area contributed by atoms with E-state index in [0.29, 0.717) is 0 Å². The zero-order valence-electron chi connectivity index (χ0n) is 8.71. The van der Waals surface area contributed by atoms with Crippen molar-refractivity contribution in [2.45, 2.75) is 6.18 Å². The molecule has 0 unspecified atom stereocenters. The lowest BCUT2D eigenvalue weighted by molar-refractivity contribution is -0.135. The van der Waals surface area contributed by atoms with Crippen LogP contribution in [0.2, 0.25) is 0 Å². The first-order chi connectivity index (χ1) is 7.95. The van der Waals surface area contributed by atoms with Crippen molar-refractivity contribution in [1.82, 2.24) is 10.3 Å². The number of rotatable bonds is 1. The maximum absolute atomic E-state index is 12.7. The molecule has 0 saturated heterocycles. The van der Waals surface area contributed by atoms with Crippen molar-refractivity contribution in [1.29, 1.82) is 0 Å². The van der Waals surface area contributed by atoms with Gasteiger partial charge in [-0.3, -0.25) is 5.43 Å². The van der Waals surface area contributed by atoms with Crippen molar-refractivity contribution in [2.24, 2.45) is 5.10 Å². The summed E-state index contributed by atoms with van der Waals surface area (Å²) in [5, 5.41) is 3.65. The second-order valence-corrected chi connectivity index (χ2v) is 3.30. The number of carbonyl (C=O) groups is 1. The Labute approximate surface area is 94.2 Å². The Balaban J connectivity index is 2.43. The van der Waals surface area contributed by atoms with Crippen molar-refractivity contribution in [3.63, 3.8) is 0 Å². The van der Waals surface area contributed by atoms with Crippen LogP contribution in [0.15, 0.2) is 28.5 Å². The molecule has 2 aliphatic heterocycles. The van der Waals surface area contributed by atoms with E-state index in [0.717, 1.165) is 24.2 Å². The number of methoxy groups -OCH3 is 1. The Bertz CT molecular complexity index is 451. The lowest BCUT2D eigenvalue weighted by atomic mass is 10.1. The molecule has 2 rings (SSSR count). The summed E-state index contributed by atoms with van der Waals surface area (Å²) in [5.74, 6) is -0.804. The van der Waals surface area contributed by atoms with Crippen LogP contribution in [0.25, 0.3) is 0 Å². The van der Waals surface area contributed by atoms with Gasteiger partial charge in [-0.2, -0.15) is 18.3 Å². The molecule has 8 heteroatoms. The molecule has 0 fully saturated rings. The molecular formula is C9H8F3N3O2. The standard InChI is InChI=1S/C9H8F3N3O2/c1-17-8(16)5-2-3-6(9(10,11)12)15-4-13-14-7(5)15/h2-3,13H,4H2,1H3. The summed E-state index contributed by atoms with van der Waals surface area (Å²) >= 11 is 0. The third kappa shape index (κ3) is 1.85. The van der Waals surface area contributed by atoms with Crippen LogP contribution in [0.4, 0.5) is 13.2 Å². The minimum absolute atomic E-state index is 0.00880. The first-order valence-electron chi connectivity index (χ1n) is 4.61. The highest BCUT2D eigenvalue weighted by Gasteiger charge is 2.43. The molecule has 0 spiro atoms. The van der Waals surface area contributed by atoms with Crippen molar-refractivity contribution < 1.29 is 22.7 Å². The van der Waals surface area contributed by atoms with Crippen LogP contribution in [0.1, 0.15) is 0 Å². The number of halogens is 3. The predicted octanol–water partition coefficient (Wildman–Crippen LogP) is 0.722. The highest BCUT2D eigenvalue weighted by molar-refractivity contribution is 6.20. The number of nitrogens with zero attached hydrogens (tertiary/aromatic N) is 2. The second kappa shape index (κ2) is 3.79. The first kappa shape index (κ1) is 11.5. The number of esters is 1. The Hall–Kier alpha value is -1.99. The maximum atomic E-state index is 12.7. The van der Waals surface area contributed by atoms with E-state index < -0.39 is 17.8 Å². The highest BCUT2D eigenvalue weighted by atomic mass is 19.4. The molecule has 1 N–H and O–H groups in total.